The minimum Gasteiger partial charge on any atom is -0.272 e. The summed E-state index contributed by atoms with van der Waals surface area (Å²) in [6.07, 6.45) is 1.21. The maximum absolute atomic E-state index is 12.8. The molecule has 0 bridgehead atoms. The molecule has 6 heteroatoms. The van der Waals surface area contributed by atoms with Crippen LogP contribution in [-0.2, 0) is 6.18 Å². The van der Waals surface area contributed by atoms with E-state index in [2.05, 4.69) is 5.10 Å². The van der Waals surface area contributed by atoms with Crippen molar-refractivity contribution in [2.24, 2.45) is 5.41 Å². The Morgan fingerprint density at radius 3 is 2.40 bits per heavy atom. The van der Waals surface area contributed by atoms with E-state index in [1.807, 2.05) is 6.08 Å². The highest BCUT2D eigenvalue weighted by Crippen LogP contribution is 2.33. The van der Waals surface area contributed by atoms with E-state index in [1.54, 1.807) is 32.9 Å². The molecule has 1 aliphatic rings. The van der Waals surface area contributed by atoms with Crippen LogP contribution in [0.25, 0.3) is 5.57 Å². The van der Waals surface area contributed by atoms with Gasteiger partial charge in [-0.05, 0) is 18.1 Å². The third kappa shape index (κ3) is 2.69. The van der Waals surface area contributed by atoms with Crippen molar-refractivity contribution < 1.29 is 18.0 Å². The van der Waals surface area contributed by atoms with Crippen LogP contribution in [0.5, 0.6) is 0 Å². The number of rotatable bonds is 1. The van der Waals surface area contributed by atoms with E-state index in [4.69, 9.17) is 0 Å². The van der Waals surface area contributed by atoms with Crippen molar-refractivity contribution in [3.63, 3.8) is 0 Å². The van der Waals surface area contributed by atoms with Gasteiger partial charge in [-0.25, -0.2) is 0 Å². The second kappa shape index (κ2) is 4.61. The lowest BCUT2D eigenvalue weighted by Gasteiger charge is -2.18. The normalized spacial score (nSPS) is 15.6. The van der Waals surface area contributed by atoms with Gasteiger partial charge in [-0.1, -0.05) is 39.0 Å². The number of aromatic nitrogens is 2. The molecule has 0 fully saturated rings. The van der Waals surface area contributed by atoms with Crippen LogP contribution < -0.4 is 0 Å². The monoisotopic (exact) mass is 284 g/mol. The highest BCUT2D eigenvalue weighted by Gasteiger charge is 2.37. The first-order chi connectivity index (χ1) is 9.10. The molecule has 0 unspecified atom stereocenters. The van der Waals surface area contributed by atoms with E-state index in [0.717, 1.165) is 10.7 Å². The number of nitrogens with zero attached hydrogens (tertiary/aromatic N) is 2. The van der Waals surface area contributed by atoms with E-state index >= 15 is 0 Å². The number of allylic oxidation sites excluding steroid dienone is 4. The average molecular weight is 284 g/mol. The molecule has 0 amide bonds. The van der Waals surface area contributed by atoms with Gasteiger partial charge < -0.3 is 0 Å². The van der Waals surface area contributed by atoms with E-state index in [1.165, 1.54) is 0 Å². The number of alkyl halides is 3. The molecule has 108 valence electrons. The SMILES string of the molecule is CC(C)(C)C(=O)n1nc(C(F)(F)F)cc1C1=CC=CC1. The second-order valence-electron chi connectivity index (χ2n) is 5.70. The first kappa shape index (κ1) is 14.6. The van der Waals surface area contributed by atoms with Crippen molar-refractivity contribution in [1.29, 1.82) is 0 Å². The third-order valence-electron chi connectivity index (χ3n) is 2.93. The summed E-state index contributed by atoms with van der Waals surface area (Å²) in [5.41, 5.74) is -0.985. The summed E-state index contributed by atoms with van der Waals surface area (Å²) >= 11 is 0. The van der Waals surface area contributed by atoms with Gasteiger partial charge in [-0.3, -0.25) is 4.79 Å². The largest absolute Gasteiger partial charge is 0.435 e. The first-order valence-corrected chi connectivity index (χ1v) is 6.19. The zero-order valence-corrected chi connectivity index (χ0v) is 11.5. The van der Waals surface area contributed by atoms with E-state index < -0.39 is 23.2 Å². The zero-order valence-electron chi connectivity index (χ0n) is 11.5. The molecule has 0 aromatic carbocycles. The zero-order chi connectivity index (χ0) is 15.1. The van der Waals surface area contributed by atoms with Crippen molar-refractivity contribution in [3.8, 4) is 0 Å². The molecule has 2 rings (SSSR count). The molecule has 1 aromatic rings. The summed E-state index contributed by atoms with van der Waals surface area (Å²) in [5.74, 6) is -0.462. The Balaban J connectivity index is 2.54. The number of hydrogen-bond donors (Lipinski definition) is 0. The first-order valence-electron chi connectivity index (χ1n) is 6.19. The molecule has 1 aliphatic carbocycles. The lowest BCUT2D eigenvalue weighted by Crippen LogP contribution is -2.29. The summed E-state index contributed by atoms with van der Waals surface area (Å²) < 4.78 is 39.3. The summed E-state index contributed by atoms with van der Waals surface area (Å²) in [5, 5.41) is 3.47. The van der Waals surface area contributed by atoms with Gasteiger partial charge in [0.05, 0.1) is 5.69 Å². The second-order valence-corrected chi connectivity index (χ2v) is 5.70. The molecule has 20 heavy (non-hydrogen) atoms. The van der Waals surface area contributed by atoms with Gasteiger partial charge >= 0.3 is 6.18 Å². The van der Waals surface area contributed by atoms with Gasteiger partial charge in [-0.2, -0.15) is 23.0 Å². The fraction of sp³-hybridized carbons (Fsp3) is 0.429. The summed E-state index contributed by atoms with van der Waals surface area (Å²) in [4.78, 5) is 12.3. The van der Waals surface area contributed by atoms with Crippen molar-refractivity contribution >= 4 is 11.5 Å². The number of hydrogen-bond acceptors (Lipinski definition) is 2. The Hall–Kier alpha value is -1.85. The third-order valence-corrected chi connectivity index (χ3v) is 2.93. The molecule has 0 N–H and O–H groups in total. The lowest BCUT2D eigenvalue weighted by atomic mass is 9.95. The van der Waals surface area contributed by atoms with Gasteiger partial charge in [0.2, 0.25) is 0 Å². The Kier molecular flexibility index (Phi) is 3.36. The van der Waals surface area contributed by atoms with E-state index in [9.17, 15) is 18.0 Å². The van der Waals surface area contributed by atoms with Gasteiger partial charge in [0, 0.05) is 5.41 Å². The molecular weight excluding hydrogens is 269 g/mol. The Labute approximate surface area is 114 Å². The molecular formula is C14H15F3N2O. The quantitative estimate of drug-likeness (QED) is 0.783. The number of carbonyl (C=O) groups is 1. The van der Waals surface area contributed by atoms with Crippen LogP contribution in [0.15, 0.2) is 24.3 Å². The minimum atomic E-state index is -4.56. The van der Waals surface area contributed by atoms with E-state index in [0.29, 0.717) is 12.0 Å². The van der Waals surface area contributed by atoms with Crippen molar-refractivity contribution in [2.45, 2.75) is 33.4 Å². The number of halogens is 3. The molecule has 3 nitrogen and oxygen atoms in total. The number of carbonyl (C=O) groups excluding carboxylic acids is 1. The summed E-state index contributed by atoms with van der Waals surface area (Å²) in [6, 6.07) is 0.933. The van der Waals surface area contributed by atoms with Crippen molar-refractivity contribution in [1.82, 2.24) is 9.78 Å². The Bertz CT molecular complexity index is 601. The van der Waals surface area contributed by atoms with Crippen molar-refractivity contribution in [3.05, 3.63) is 35.7 Å². The van der Waals surface area contributed by atoms with E-state index in [-0.39, 0.29) is 5.69 Å². The van der Waals surface area contributed by atoms with Crippen LogP contribution in [0.1, 0.15) is 43.4 Å². The highest BCUT2D eigenvalue weighted by molar-refractivity contribution is 5.87. The Morgan fingerprint density at radius 1 is 1.30 bits per heavy atom. The van der Waals surface area contributed by atoms with Crippen LogP contribution in [-0.4, -0.2) is 15.7 Å². The summed E-state index contributed by atoms with van der Waals surface area (Å²) in [7, 11) is 0. The van der Waals surface area contributed by atoms with Crippen LogP contribution in [0, 0.1) is 5.41 Å². The van der Waals surface area contributed by atoms with Gasteiger partial charge in [0.15, 0.2) is 5.69 Å². The molecule has 0 spiro atoms. The van der Waals surface area contributed by atoms with Gasteiger partial charge in [-0.15, -0.1) is 0 Å². The molecule has 0 aliphatic heterocycles. The molecule has 1 heterocycles. The van der Waals surface area contributed by atoms with Crippen molar-refractivity contribution in [2.75, 3.05) is 0 Å². The van der Waals surface area contributed by atoms with Gasteiger partial charge in [0.25, 0.3) is 5.91 Å². The predicted octanol–water partition coefficient (Wildman–Crippen LogP) is 3.93. The summed E-state index contributed by atoms with van der Waals surface area (Å²) in [6.45, 7) is 4.94. The van der Waals surface area contributed by atoms with Gasteiger partial charge in [0.1, 0.15) is 0 Å². The maximum Gasteiger partial charge on any atom is 0.435 e. The van der Waals surface area contributed by atoms with Crippen LogP contribution in [0.2, 0.25) is 0 Å². The molecule has 0 saturated carbocycles. The Morgan fingerprint density at radius 2 is 1.95 bits per heavy atom. The van der Waals surface area contributed by atoms with Crippen LogP contribution in [0.3, 0.4) is 0 Å². The average Bonchev–Trinajstić information content (AvgIpc) is 2.94. The van der Waals surface area contributed by atoms with Crippen LogP contribution in [0.4, 0.5) is 13.2 Å². The smallest absolute Gasteiger partial charge is 0.272 e. The lowest BCUT2D eigenvalue weighted by molar-refractivity contribution is -0.141. The molecule has 0 atom stereocenters. The molecule has 0 radical (unpaired) electrons. The highest BCUT2D eigenvalue weighted by atomic mass is 19.4. The fourth-order valence-electron chi connectivity index (χ4n) is 1.86. The predicted molar refractivity (Wildman–Crippen MR) is 69.0 cm³/mol. The standard InChI is InChI=1S/C14H15F3N2O/c1-13(2,3)12(20)19-10(9-6-4-5-7-9)8-11(18-19)14(15,16)17/h4-6,8H,7H2,1-3H3. The van der Waals surface area contributed by atoms with Crippen LogP contribution >= 0.6 is 0 Å². The maximum atomic E-state index is 12.8. The fourth-order valence-corrected chi connectivity index (χ4v) is 1.86. The topological polar surface area (TPSA) is 34.9 Å². The minimum absolute atomic E-state index is 0.210. The molecule has 0 saturated heterocycles. The molecule has 1 aromatic heterocycles.